The first-order valence-electron chi connectivity index (χ1n) is 9.95. The Balaban J connectivity index is 1.60. The highest BCUT2D eigenvalue weighted by Gasteiger charge is 2.36. The molecule has 0 radical (unpaired) electrons. The predicted octanol–water partition coefficient (Wildman–Crippen LogP) is 5.52. The van der Waals surface area contributed by atoms with E-state index in [2.05, 4.69) is 11.2 Å². The third-order valence-corrected chi connectivity index (χ3v) is 6.03. The molecule has 0 aliphatic carbocycles. The number of hydrogen-bond acceptors (Lipinski definition) is 3. The molecule has 2 aliphatic rings. The monoisotopic (exact) mass is 447 g/mol. The van der Waals surface area contributed by atoms with Gasteiger partial charge in [-0.2, -0.15) is 18.3 Å². The molecule has 31 heavy (non-hydrogen) atoms. The molecule has 0 saturated carbocycles. The highest BCUT2D eigenvalue weighted by atomic mass is 35.5. The number of carbonyl (C=O) groups excluding carboxylic acids is 1. The van der Waals surface area contributed by atoms with Crippen molar-refractivity contribution < 1.29 is 18.0 Å². The molecule has 0 fully saturated rings. The molecule has 1 unspecified atom stereocenters. The molecule has 1 amide bonds. The van der Waals surface area contributed by atoms with Crippen LogP contribution in [0.25, 0.3) is 5.57 Å². The van der Waals surface area contributed by atoms with Crippen molar-refractivity contribution in [2.75, 3.05) is 13.1 Å². The third-order valence-electron chi connectivity index (χ3n) is 5.80. The number of amides is 1. The molecular formula is C23H21ClF3N3O. The number of hydrogen-bond donors (Lipinski definition) is 0. The second kappa shape index (κ2) is 8.38. The van der Waals surface area contributed by atoms with Gasteiger partial charge < -0.3 is 4.90 Å². The van der Waals surface area contributed by atoms with E-state index in [4.69, 9.17) is 11.6 Å². The van der Waals surface area contributed by atoms with Gasteiger partial charge >= 0.3 is 6.18 Å². The summed E-state index contributed by atoms with van der Waals surface area (Å²) >= 11 is 5.82. The van der Waals surface area contributed by atoms with Gasteiger partial charge in [-0.1, -0.05) is 35.9 Å². The fourth-order valence-electron chi connectivity index (χ4n) is 4.00. The van der Waals surface area contributed by atoms with Crippen molar-refractivity contribution in [2.24, 2.45) is 5.10 Å². The van der Waals surface area contributed by atoms with Crippen LogP contribution >= 0.6 is 11.6 Å². The minimum atomic E-state index is -4.50. The average molecular weight is 448 g/mol. The molecule has 2 heterocycles. The summed E-state index contributed by atoms with van der Waals surface area (Å²) in [7, 11) is 0. The SMILES string of the molecule is CC(c1ccc(Cl)cc1C(F)(F)F)N1Cc2cc(C3=CCN(C=O)CC3)ccc2C=N1. The second-order valence-electron chi connectivity index (χ2n) is 7.74. The van der Waals surface area contributed by atoms with Crippen LogP contribution in [0.5, 0.6) is 0 Å². The Bertz CT molecular complexity index is 1060. The molecule has 2 aliphatic heterocycles. The lowest BCUT2D eigenvalue weighted by Crippen LogP contribution is -2.27. The van der Waals surface area contributed by atoms with E-state index in [1.54, 1.807) is 23.0 Å². The molecule has 1 atom stereocenters. The van der Waals surface area contributed by atoms with Crippen LogP contribution in [0.15, 0.2) is 47.6 Å². The molecule has 2 aromatic rings. The van der Waals surface area contributed by atoms with E-state index in [0.29, 0.717) is 19.6 Å². The second-order valence-corrected chi connectivity index (χ2v) is 8.18. The van der Waals surface area contributed by atoms with E-state index >= 15 is 0 Å². The van der Waals surface area contributed by atoms with Gasteiger partial charge in [-0.3, -0.25) is 9.80 Å². The first-order chi connectivity index (χ1) is 14.8. The lowest BCUT2D eigenvalue weighted by atomic mass is 9.94. The quantitative estimate of drug-likeness (QED) is 0.579. The topological polar surface area (TPSA) is 35.9 Å². The van der Waals surface area contributed by atoms with Crippen LogP contribution in [0.3, 0.4) is 0 Å². The van der Waals surface area contributed by atoms with E-state index in [-0.39, 0.29) is 10.6 Å². The molecule has 0 N–H and O–H groups in total. The molecule has 0 aromatic heterocycles. The van der Waals surface area contributed by atoms with Crippen LogP contribution in [-0.2, 0) is 17.5 Å². The Kier molecular flexibility index (Phi) is 5.79. The predicted molar refractivity (Wildman–Crippen MR) is 115 cm³/mol. The van der Waals surface area contributed by atoms with E-state index < -0.39 is 17.8 Å². The van der Waals surface area contributed by atoms with Gasteiger partial charge in [0, 0.05) is 18.1 Å². The minimum Gasteiger partial charge on any atom is -0.341 e. The summed E-state index contributed by atoms with van der Waals surface area (Å²) in [6.45, 7) is 3.36. The Morgan fingerprint density at radius 3 is 2.68 bits per heavy atom. The van der Waals surface area contributed by atoms with Crippen molar-refractivity contribution in [2.45, 2.75) is 32.1 Å². The van der Waals surface area contributed by atoms with Gasteiger partial charge in [-0.15, -0.1) is 0 Å². The first kappa shape index (κ1) is 21.4. The number of hydrazone groups is 1. The molecule has 8 heteroatoms. The highest BCUT2D eigenvalue weighted by Crippen LogP contribution is 2.39. The Hall–Kier alpha value is -2.80. The maximum atomic E-state index is 13.6. The lowest BCUT2D eigenvalue weighted by molar-refractivity contribution is -0.138. The summed E-state index contributed by atoms with van der Waals surface area (Å²) in [5.74, 6) is 0. The third kappa shape index (κ3) is 4.46. The Labute approximate surface area is 183 Å². The number of fused-ring (bicyclic) bond motifs is 1. The van der Waals surface area contributed by atoms with Crippen molar-refractivity contribution >= 4 is 29.8 Å². The number of carbonyl (C=O) groups is 1. The van der Waals surface area contributed by atoms with Crippen molar-refractivity contribution in [1.82, 2.24) is 9.91 Å². The van der Waals surface area contributed by atoms with Crippen molar-refractivity contribution in [3.63, 3.8) is 0 Å². The van der Waals surface area contributed by atoms with Crippen molar-refractivity contribution in [1.29, 1.82) is 0 Å². The summed E-state index contributed by atoms with van der Waals surface area (Å²) in [4.78, 5) is 12.6. The Morgan fingerprint density at radius 2 is 2.00 bits per heavy atom. The smallest absolute Gasteiger partial charge is 0.341 e. The summed E-state index contributed by atoms with van der Waals surface area (Å²) in [6.07, 6.45) is 0.848. The largest absolute Gasteiger partial charge is 0.416 e. The van der Waals surface area contributed by atoms with Gasteiger partial charge in [-0.05, 0) is 59.4 Å². The molecule has 0 spiro atoms. The standard InChI is InChI=1S/C23H21ClF3N3O/c1-15(21-5-4-20(24)11-22(21)23(25,26)27)30-13-19-10-17(2-3-18(19)12-28-30)16-6-8-29(14-31)9-7-16/h2-6,10-12,14-15H,7-9,13H2,1H3. The van der Waals surface area contributed by atoms with E-state index in [1.165, 1.54) is 17.7 Å². The zero-order valence-corrected chi connectivity index (χ0v) is 17.6. The summed E-state index contributed by atoms with van der Waals surface area (Å²) in [6, 6.07) is 9.33. The first-order valence-corrected chi connectivity index (χ1v) is 10.3. The van der Waals surface area contributed by atoms with E-state index in [9.17, 15) is 18.0 Å². The van der Waals surface area contributed by atoms with Crippen molar-refractivity contribution in [3.05, 3.63) is 75.3 Å². The van der Waals surface area contributed by atoms with Gasteiger partial charge in [0.15, 0.2) is 0 Å². The molecule has 2 aromatic carbocycles. The summed E-state index contributed by atoms with van der Waals surface area (Å²) in [5, 5.41) is 6.11. The summed E-state index contributed by atoms with van der Waals surface area (Å²) < 4.78 is 40.7. The van der Waals surface area contributed by atoms with Gasteiger partial charge in [0.1, 0.15) is 0 Å². The summed E-state index contributed by atoms with van der Waals surface area (Å²) in [5.41, 5.74) is 3.58. The molecule has 0 saturated heterocycles. The normalized spacial score (nSPS) is 17.3. The van der Waals surface area contributed by atoms with Gasteiger partial charge in [0.2, 0.25) is 6.41 Å². The van der Waals surface area contributed by atoms with Crippen LogP contribution in [0, 0.1) is 0 Å². The van der Waals surface area contributed by atoms with E-state index in [0.717, 1.165) is 35.6 Å². The average Bonchev–Trinajstić information content (AvgIpc) is 2.77. The van der Waals surface area contributed by atoms with Gasteiger partial charge in [0.25, 0.3) is 0 Å². The fraction of sp³-hybridized carbons (Fsp3) is 0.304. The molecule has 4 rings (SSSR count). The van der Waals surface area contributed by atoms with E-state index in [1.807, 2.05) is 18.2 Å². The number of halogens is 4. The Morgan fingerprint density at radius 1 is 1.19 bits per heavy atom. The zero-order valence-electron chi connectivity index (χ0n) is 16.9. The maximum absolute atomic E-state index is 13.6. The minimum absolute atomic E-state index is 0.0503. The van der Waals surface area contributed by atoms with Gasteiger partial charge in [0.05, 0.1) is 24.4 Å². The van der Waals surface area contributed by atoms with Crippen LogP contribution < -0.4 is 0 Å². The van der Waals surface area contributed by atoms with Crippen LogP contribution in [0.2, 0.25) is 5.02 Å². The molecule has 0 bridgehead atoms. The van der Waals surface area contributed by atoms with Crippen LogP contribution in [-0.4, -0.2) is 35.6 Å². The van der Waals surface area contributed by atoms with Crippen LogP contribution in [0.4, 0.5) is 13.2 Å². The number of benzene rings is 2. The number of rotatable bonds is 4. The fourth-order valence-corrected chi connectivity index (χ4v) is 4.17. The molecule has 4 nitrogen and oxygen atoms in total. The highest BCUT2D eigenvalue weighted by molar-refractivity contribution is 6.30. The number of alkyl halides is 3. The zero-order chi connectivity index (χ0) is 22.2. The molecular weight excluding hydrogens is 427 g/mol. The molecule has 162 valence electrons. The maximum Gasteiger partial charge on any atom is 0.416 e. The number of nitrogens with zero attached hydrogens (tertiary/aromatic N) is 3. The van der Waals surface area contributed by atoms with Gasteiger partial charge in [-0.25, -0.2) is 0 Å². The lowest BCUT2D eigenvalue weighted by Gasteiger charge is -2.32. The van der Waals surface area contributed by atoms with Crippen LogP contribution in [0.1, 0.15) is 47.2 Å². The van der Waals surface area contributed by atoms with Crippen molar-refractivity contribution in [3.8, 4) is 0 Å².